The summed E-state index contributed by atoms with van der Waals surface area (Å²) in [7, 11) is 3.85. The van der Waals surface area contributed by atoms with Crippen LogP contribution >= 0.6 is 23.2 Å². The third-order valence-electron chi connectivity index (χ3n) is 15.8. The summed E-state index contributed by atoms with van der Waals surface area (Å²) in [6.45, 7) is 3.56. The van der Waals surface area contributed by atoms with Crippen molar-refractivity contribution in [3.8, 4) is 0 Å². The number of imide groups is 1. The van der Waals surface area contributed by atoms with Crippen LogP contribution in [-0.4, -0.2) is 93.4 Å². The zero-order valence-electron chi connectivity index (χ0n) is 36.2. The van der Waals surface area contributed by atoms with E-state index >= 15 is 4.39 Å². The molecule has 4 N–H and O–H groups in total. The van der Waals surface area contributed by atoms with Gasteiger partial charge in [0.2, 0.25) is 23.6 Å². The molecule has 0 bridgehead atoms. The first-order valence-electron chi connectivity index (χ1n) is 22.9. The number of nitrogens with zero attached hydrogens (tertiary/aromatic N) is 4. The topological polar surface area (TPSA) is 150 Å². The molecule has 13 nitrogen and oxygen atoms in total. The Morgan fingerprint density at radius 1 is 0.875 bits per heavy atom. The molecule has 64 heavy (non-hydrogen) atoms. The van der Waals surface area contributed by atoms with E-state index in [-0.39, 0.29) is 58.9 Å². The molecular weight excluding hydrogens is 858 g/mol. The lowest BCUT2D eigenvalue weighted by atomic mass is 9.55. The molecule has 10 rings (SSSR count). The lowest BCUT2D eigenvalue weighted by molar-refractivity contribution is -0.136. The maximum Gasteiger partial charge on any atom is 0.329 e. The van der Waals surface area contributed by atoms with Gasteiger partial charge in [0.05, 0.1) is 22.1 Å². The van der Waals surface area contributed by atoms with Gasteiger partial charge in [-0.2, -0.15) is 0 Å². The first kappa shape index (κ1) is 43.3. The van der Waals surface area contributed by atoms with Crippen LogP contribution in [0, 0.1) is 11.7 Å². The van der Waals surface area contributed by atoms with Crippen molar-refractivity contribution in [2.75, 3.05) is 38.5 Å². The van der Waals surface area contributed by atoms with Crippen LogP contribution in [0.25, 0.3) is 11.0 Å². The molecule has 2 unspecified atom stereocenters. The smallest absolute Gasteiger partial charge is 0.329 e. The van der Waals surface area contributed by atoms with Crippen LogP contribution in [0.1, 0.15) is 105 Å². The Balaban J connectivity index is 0.840. The number of imidazole rings is 1. The second-order valence-corrected chi connectivity index (χ2v) is 20.1. The number of benzene rings is 3. The molecule has 5 atom stereocenters. The average Bonchev–Trinajstić information content (AvgIpc) is 3.83. The Morgan fingerprint density at radius 2 is 1.66 bits per heavy atom. The fourth-order valence-electron chi connectivity index (χ4n) is 12.6. The van der Waals surface area contributed by atoms with Crippen molar-refractivity contribution in [1.29, 1.82) is 0 Å². The van der Waals surface area contributed by atoms with Crippen LogP contribution < -0.4 is 27.0 Å². The molecule has 338 valence electrons. The van der Waals surface area contributed by atoms with Gasteiger partial charge in [-0.1, -0.05) is 66.7 Å². The highest BCUT2D eigenvalue weighted by Gasteiger charge is 2.72. The number of carbonyl (C=O) groups excluding carboxylic acids is 4. The number of carbonyl (C=O) groups is 4. The Kier molecular flexibility index (Phi) is 11.3. The van der Waals surface area contributed by atoms with Gasteiger partial charge >= 0.3 is 5.69 Å². The maximum absolute atomic E-state index is 16.4. The number of anilines is 1. The Hall–Kier alpha value is -4.60. The summed E-state index contributed by atoms with van der Waals surface area (Å²) >= 11 is 12.9. The zero-order chi connectivity index (χ0) is 44.7. The summed E-state index contributed by atoms with van der Waals surface area (Å²) in [6.07, 6.45) is 8.07. The highest BCUT2D eigenvalue weighted by molar-refractivity contribution is 6.31. The van der Waals surface area contributed by atoms with Gasteiger partial charge in [-0.25, -0.2) is 9.18 Å². The van der Waals surface area contributed by atoms with Crippen LogP contribution in [0.15, 0.2) is 59.4 Å². The number of rotatable bonds is 7. The second kappa shape index (κ2) is 16.7. The van der Waals surface area contributed by atoms with Crippen LogP contribution in [0.2, 0.25) is 10.0 Å². The predicted octanol–water partition coefficient (Wildman–Crippen LogP) is 6.08. The van der Waals surface area contributed by atoms with E-state index in [1.54, 1.807) is 35.9 Å². The first-order valence-corrected chi connectivity index (χ1v) is 23.7. The number of hydrogen-bond donors (Lipinski definition) is 4. The van der Waals surface area contributed by atoms with Crippen molar-refractivity contribution in [3.05, 3.63) is 97.6 Å². The van der Waals surface area contributed by atoms with Crippen LogP contribution in [0.3, 0.4) is 0 Å². The van der Waals surface area contributed by atoms with Gasteiger partial charge in [-0.3, -0.25) is 48.7 Å². The number of halogens is 3. The summed E-state index contributed by atoms with van der Waals surface area (Å²) in [6, 6.07) is 14.7. The predicted molar refractivity (Wildman–Crippen MR) is 243 cm³/mol. The van der Waals surface area contributed by atoms with Gasteiger partial charge in [-0.15, -0.1) is 0 Å². The van der Waals surface area contributed by atoms with Crippen molar-refractivity contribution >= 4 is 63.6 Å². The number of hydrogen-bond acceptors (Lipinski definition) is 8. The van der Waals surface area contributed by atoms with Gasteiger partial charge in [0, 0.05) is 73.9 Å². The molecule has 2 spiro atoms. The molecule has 5 heterocycles. The second-order valence-electron chi connectivity index (χ2n) is 19.2. The number of aromatic nitrogens is 2. The number of piperidine rings is 1. The third kappa shape index (κ3) is 7.01. The lowest BCUT2D eigenvalue weighted by Gasteiger charge is -2.47. The lowest BCUT2D eigenvalue weighted by Crippen LogP contribution is -2.60. The molecule has 0 radical (unpaired) electrons. The molecule has 5 fully saturated rings. The van der Waals surface area contributed by atoms with Crippen LogP contribution in [0.5, 0.6) is 0 Å². The van der Waals surface area contributed by atoms with Crippen molar-refractivity contribution in [1.82, 2.24) is 34.9 Å². The normalized spacial score (nSPS) is 29.6. The summed E-state index contributed by atoms with van der Waals surface area (Å²) in [5.74, 6) is -2.28. The number of aryl methyl sites for hydroxylation is 1. The van der Waals surface area contributed by atoms with Gasteiger partial charge in [0.15, 0.2) is 0 Å². The molecule has 4 amide bonds. The van der Waals surface area contributed by atoms with Crippen LogP contribution in [0.4, 0.5) is 10.1 Å². The quantitative estimate of drug-likeness (QED) is 0.163. The fourth-order valence-corrected chi connectivity index (χ4v) is 13.0. The van der Waals surface area contributed by atoms with E-state index in [1.807, 2.05) is 12.1 Å². The van der Waals surface area contributed by atoms with Crippen molar-refractivity contribution < 1.29 is 23.6 Å². The molecule has 4 aromatic rings. The number of fused-ring (bicyclic) bond motifs is 4. The molecule has 1 aromatic heterocycles. The van der Waals surface area contributed by atoms with E-state index in [0.717, 1.165) is 87.8 Å². The molecule has 2 saturated carbocycles. The van der Waals surface area contributed by atoms with Gasteiger partial charge in [0.1, 0.15) is 17.3 Å². The Labute approximate surface area is 381 Å². The van der Waals surface area contributed by atoms with E-state index < -0.39 is 40.7 Å². The molecule has 6 aliphatic rings. The van der Waals surface area contributed by atoms with Crippen molar-refractivity contribution in [2.45, 2.75) is 112 Å². The van der Waals surface area contributed by atoms with Gasteiger partial charge in [-0.05, 0) is 105 Å². The minimum Gasteiger partial charge on any atom is -0.352 e. The first-order chi connectivity index (χ1) is 30.8. The summed E-state index contributed by atoms with van der Waals surface area (Å²) < 4.78 is 19.5. The van der Waals surface area contributed by atoms with Crippen LogP contribution in [-0.2, 0) is 31.6 Å². The Morgan fingerprint density at radius 3 is 2.42 bits per heavy atom. The van der Waals surface area contributed by atoms with E-state index in [0.29, 0.717) is 35.0 Å². The largest absolute Gasteiger partial charge is 0.352 e. The molecule has 4 aliphatic heterocycles. The number of nitrogens with one attached hydrogen (secondary N) is 4. The molecule has 16 heteroatoms. The van der Waals surface area contributed by atoms with Gasteiger partial charge < -0.3 is 10.6 Å². The fraction of sp³-hybridized carbons (Fsp3) is 0.521. The summed E-state index contributed by atoms with van der Waals surface area (Å²) in [5.41, 5.74) is 1.75. The Bertz CT molecular complexity index is 2620. The minimum absolute atomic E-state index is 0.0501. The zero-order valence-corrected chi connectivity index (χ0v) is 37.7. The monoisotopic (exact) mass is 912 g/mol. The number of amides is 4. The third-order valence-corrected chi connectivity index (χ3v) is 16.3. The SMILES string of the molecule is CN1CCN(CC2CCC(NC(=O)[C@@H]3NC4(CCCCC4)[C@@]4(C(=O)Nc5cc(Cl)ccc54)[C@H]3c3cccc(Cl)c3F)CC2)CC1c1ccc2c(c1)n(C)c(=O)n2C1CCC(=O)NC1=O. The van der Waals surface area contributed by atoms with Crippen molar-refractivity contribution in [2.24, 2.45) is 13.0 Å². The van der Waals surface area contributed by atoms with Crippen molar-refractivity contribution in [3.63, 3.8) is 0 Å². The number of likely N-dealkylation sites (N-methyl/N-ethyl adjacent to an activating group) is 1. The van der Waals surface area contributed by atoms with E-state index in [4.69, 9.17) is 23.2 Å². The molecule has 3 aromatic carbocycles. The summed E-state index contributed by atoms with van der Waals surface area (Å²) in [5, 5.41) is 13.1. The average molecular weight is 914 g/mol. The highest BCUT2D eigenvalue weighted by atomic mass is 35.5. The van der Waals surface area contributed by atoms with E-state index in [9.17, 15) is 24.0 Å². The minimum atomic E-state index is -1.28. The maximum atomic E-state index is 16.4. The summed E-state index contributed by atoms with van der Waals surface area (Å²) in [4.78, 5) is 72.4. The molecule has 3 saturated heterocycles. The van der Waals surface area contributed by atoms with E-state index in [1.165, 1.54) is 10.6 Å². The number of piperazine rings is 1. The standard InChI is InChI=1S/C48H55Cl2FN8O5/c1-56-21-22-58(26-38(56)28-11-16-35-37(23-28)57(2)46(64)59(35)36-17-18-39(60)54-43(36)61)25-27-9-13-30(14-10-27)52-44(62)42-40(31-7-6-8-33(50)41(31)51)48(47(55-42)19-4-3-5-20-47)32-15-12-29(49)24-34(32)53-45(48)63/h6-8,11-12,15-16,23-24,27,30,36,38,40,42,55H,3-5,9-10,13-14,17-22,25-26H2,1-2H3,(H,52,62)(H,53,63)(H,54,60,61)/t27?,30?,36?,38?,40-,42+,48+/m0/s1. The highest BCUT2D eigenvalue weighted by Crippen LogP contribution is 2.63. The molecule has 2 aliphatic carbocycles. The molecular formula is C48H55Cl2FN8O5. The van der Waals surface area contributed by atoms with Gasteiger partial charge in [0.25, 0.3) is 0 Å². The van der Waals surface area contributed by atoms with E-state index in [2.05, 4.69) is 50.2 Å².